The van der Waals surface area contributed by atoms with Gasteiger partial charge in [0.25, 0.3) is 5.91 Å². The van der Waals surface area contributed by atoms with E-state index < -0.39 is 0 Å². The van der Waals surface area contributed by atoms with E-state index in [0.717, 1.165) is 37.4 Å². The maximum atomic E-state index is 13.0. The molecular formula is C24H24N4O2. The van der Waals surface area contributed by atoms with Gasteiger partial charge in [-0.3, -0.25) is 4.79 Å². The van der Waals surface area contributed by atoms with Crippen LogP contribution in [0.5, 0.6) is 5.75 Å². The Labute approximate surface area is 175 Å². The first-order valence-corrected chi connectivity index (χ1v) is 10.3. The van der Waals surface area contributed by atoms with Gasteiger partial charge in [-0.25, -0.2) is 4.68 Å². The summed E-state index contributed by atoms with van der Waals surface area (Å²) in [5.41, 5.74) is 3.92. The first kappa shape index (κ1) is 18.5. The minimum absolute atomic E-state index is 0.000335. The number of piperidine rings is 1. The molecule has 0 saturated carbocycles. The van der Waals surface area contributed by atoms with E-state index in [2.05, 4.69) is 40.5 Å². The van der Waals surface area contributed by atoms with Crippen molar-refractivity contribution in [2.45, 2.75) is 18.8 Å². The Hall–Kier alpha value is -3.54. The lowest BCUT2D eigenvalue weighted by Gasteiger charge is -2.31. The quantitative estimate of drug-likeness (QED) is 0.553. The van der Waals surface area contributed by atoms with E-state index in [1.807, 2.05) is 35.4 Å². The summed E-state index contributed by atoms with van der Waals surface area (Å²) in [6.45, 7) is 1.50. The molecule has 1 fully saturated rings. The molecule has 1 saturated heterocycles. The number of aromatic amines is 1. The molecule has 152 valence electrons. The normalized spacial score (nSPS) is 14.9. The highest BCUT2D eigenvalue weighted by atomic mass is 16.5. The van der Waals surface area contributed by atoms with Crippen molar-refractivity contribution >= 4 is 16.8 Å². The number of ether oxygens (including phenoxy) is 1. The second kappa shape index (κ2) is 7.71. The zero-order valence-electron chi connectivity index (χ0n) is 16.9. The zero-order chi connectivity index (χ0) is 20.5. The van der Waals surface area contributed by atoms with Crippen LogP contribution in [0.4, 0.5) is 0 Å². The average molecular weight is 400 g/mol. The van der Waals surface area contributed by atoms with Crippen molar-refractivity contribution in [1.82, 2.24) is 19.7 Å². The number of hydrogen-bond acceptors (Lipinski definition) is 3. The molecule has 5 rings (SSSR count). The predicted molar refractivity (Wildman–Crippen MR) is 116 cm³/mol. The van der Waals surface area contributed by atoms with Crippen molar-refractivity contribution in [3.63, 3.8) is 0 Å². The van der Waals surface area contributed by atoms with Crippen LogP contribution in [-0.4, -0.2) is 45.8 Å². The Bertz CT molecular complexity index is 1170. The molecule has 4 aromatic rings. The number of carbonyl (C=O) groups is 1. The second-order valence-electron chi connectivity index (χ2n) is 7.70. The fourth-order valence-electron chi connectivity index (χ4n) is 4.30. The maximum absolute atomic E-state index is 13.0. The van der Waals surface area contributed by atoms with Crippen LogP contribution in [0.2, 0.25) is 0 Å². The largest absolute Gasteiger partial charge is 0.497 e. The lowest BCUT2D eigenvalue weighted by Crippen LogP contribution is -2.38. The number of para-hydroxylation sites is 1. The average Bonchev–Trinajstić information content (AvgIpc) is 3.47. The fourth-order valence-corrected chi connectivity index (χ4v) is 4.30. The van der Waals surface area contributed by atoms with Gasteiger partial charge in [-0.05, 0) is 60.7 Å². The molecule has 30 heavy (non-hydrogen) atoms. The number of carbonyl (C=O) groups excluding carboxylic acids is 1. The Morgan fingerprint density at radius 3 is 2.60 bits per heavy atom. The number of benzene rings is 2. The molecule has 2 aromatic heterocycles. The molecule has 1 aliphatic rings. The smallest absolute Gasteiger partial charge is 0.274 e. The molecule has 0 bridgehead atoms. The highest BCUT2D eigenvalue weighted by molar-refractivity contribution is 5.92. The van der Waals surface area contributed by atoms with Gasteiger partial charge in [0.1, 0.15) is 5.75 Å². The van der Waals surface area contributed by atoms with Crippen LogP contribution in [0.3, 0.4) is 0 Å². The summed E-state index contributed by atoms with van der Waals surface area (Å²) >= 11 is 0. The van der Waals surface area contributed by atoms with E-state index in [9.17, 15) is 4.79 Å². The molecule has 2 aromatic carbocycles. The zero-order valence-corrected chi connectivity index (χ0v) is 16.9. The minimum atomic E-state index is -0.000335. The van der Waals surface area contributed by atoms with Crippen LogP contribution in [-0.2, 0) is 0 Å². The highest BCUT2D eigenvalue weighted by Crippen LogP contribution is 2.33. The third kappa shape index (κ3) is 3.34. The van der Waals surface area contributed by atoms with Gasteiger partial charge in [-0.1, -0.05) is 18.2 Å². The number of fused-ring (bicyclic) bond motifs is 1. The molecule has 0 aliphatic carbocycles. The van der Waals surface area contributed by atoms with E-state index in [4.69, 9.17) is 4.74 Å². The summed E-state index contributed by atoms with van der Waals surface area (Å²) in [7, 11) is 1.64. The standard InChI is InChI=1S/C24H24N4O2/c1-30-19-8-6-18(7-9-19)28-15-12-23(26-28)24(29)27-13-10-17(11-14-27)21-16-25-22-5-3-2-4-20(21)22/h2-9,12,15-17,25H,10-11,13-14H2,1H3. The summed E-state index contributed by atoms with van der Waals surface area (Å²) in [6, 6.07) is 17.8. The minimum Gasteiger partial charge on any atom is -0.497 e. The fraction of sp³-hybridized carbons (Fsp3) is 0.250. The molecular weight excluding hydrogens is 376 g/mol. The number of aromatic nitrogens is 3. The number of H-pyrrole nitrogens is 1. The summed E-state index contributed by atoms with van der Waals surface area (Å²) < 4.78 is 6.92. The SMILES string of the molecule is COc1ccc(-n2ccc(C(=O)N3CCC(c4c[nH]c5ccccc45)CC3)n2)cc1. The van der Waals surface area contributed by atoms with Gasteiger partial charge in [0.15, 0.2) is 5.69 Å². The van der Waals surface area contributed by atoms with Crippen LogP contribution in [0.25, 0.3) is 16.6 Å². The van der Waals surface area contributed by atoms with Crippen molar-refractivity contribution in [1.29, 1.82) is 0 Å². The van der Waals surface area contributed by atoms with Gasteiger partial charge in [-0.2, -0.15) is 5.10 Å². The van der Waals surface area contributed by atoms with E-state index in [-0.39, 0.29) is 5.91 Å². The van der Waals surface area contributed by atoms with Crippen LogP contribution in [0, 0.1) is 0 Å². The molecule has 6 nitrogen and oxygen atoms in total. The number of methoxy groups -OCH3 is 1. The number of hydrogen-bond donors (Lipinski definition) is 1. The topological polar surface area (TPSA) is 63.1 Å². The Morgan fingerprint density at radius 1 is 1.07 bits per heavy atom. The van der Waals surface area contributed by atoms with E-state index in [1.165, 1.54) is 16.5 Å². The summed E-state index contributed by atoms with van der Waals surface area (Å²) in [6.07, 6.45) is 5.89. The lowest BCUT2D eigenvalue weighted by atomic mass is 9.89. The first-order valence-electron chi connectivity index (χ1n) is 10.3. The van der Waals surface area contributed by atoms with Gasteiger partial charge in [0.2, 0.25) is 0 Å². The predicted octanol–water partition coefficient (Wildman–Crippen LogP) is 4.38. The first-order chi connectivity index (χ1) is 14.7. The number of likely N-dealkylation sites (tertiary alicyclic amines) is 1. The number of nitrogens with zero attached hydrogens (tertiary/aromatic N) is 3. The van der Waals surface area contributed by atoms with Crippen molar-refractivity contribution in [2.75, 3.05) is 20.2 Å². The van der Waals surface area contributed by atoms with Gasteiger partial charge < -0.3 is 14.6 Å². The number of amides is 1. The molecule has 1 N–H and O–H groups in total. The van der Waals surface area contributed by atoms with Crippen molar-refractivity contribution < 1.29 is 9.53 Å². The van der Waals surface area contributed by atoms with Crippen molar-refractivity contribution in [3.05, 3.63) is 78.2 Å². The van der Waals surface area contributed by atoms with Crippen LogP contribution in [0.15, 0.2) is 67.0 Å². The monoisotopic (exact) mass is 400 g/mol. The van der Waals surface area contributed by atoms with Gasteiger partial charge in [0.05, 0.1) is 12.8 Å². The molecule has 3 heterocycles. The van der Waals surface area contributed by atoms with Crippen LogP contribution in [0.1, 0.15) is 34.8 Å². The van der Waals surface area contributed by atoms with Crippen LogP contribution >= 0.6 is 0 Å². The summed E-state index contributed by atoms with van der Waals surface area (Å²) in [5.74, 6) is 1.27. The molecule has 1 aliphatic heterocycles. The molecule has 6 heteroatoms. The summed E-state index contributed by atoms with van der Waals surface area (Å²) in [5, 5.41) is 5.79. The molecule has 1 amide bonds. The van der Waals surface area contributed by atoms with E-state index in [1.54, 1.807) is 17.9 Å². The molecule has 0 radical (unpaired) electrons. The number of nitrogens with one attached hydrogen (secondary N) is 1. The van der Waals surface area contributed by atoms with Gasteiger partial charge >= 0.3 is 0 Å². The van der Waals surface area contributed by atoms with Crippen molar-refractivity contribution in [2.24, 2.45) is 0 Å². The Balaban J connectivity index is 1.26. The maximum Gasteiger partial charge on any atom is 0.274 e. The number of rotatable bonds is 4. The summed E-state index contributed by atoms with van der Waals surface area (Å²) in [4.78, 5) is 18.3. The molecule has 0 atom stereocenters. The second-order valence-corrected chi connectivity index (χ2v) is 7.70. The molecule has 0 unspecified atom stereocenters. The molecule has 0 spiro atoms. The Morgan fingerprint density at radius 2 is 1.83 bits per heavy atom. The van der Waals surface area contributed by atoms with Gasteiger partial charge in [0, 0.05) is 36.4 Å². The third-order valence-electron chi connectivity index (χ3n) is 5.99. The van der Waals surface area contributed by atoms with Gasteiger partial charge in [-0.15, -0.1) is 0 Å². The van der Waals surface area contributed by atoms with Crippen LogP contribution < -0.4 is 4.74 Å². The van der Waals surface area contributed by atoms with E-state index >= 15 is 0 Å². The van der Waals surface area contributed by atoms with Crippen molar-refractivity contribution in [3.8, 4) is 11.4 Å². The van der Waals surface area contributed by atoms with E-state index in [0.29, 0.717) is 11.6 Å². The highest BCUT2D eigenvalue weighted by Gasteiger charge is 2.27. The Kier molecular flexibility index (Phi) is 4.75. The third-order valence-corrected chi connectivity index (χ3v) is 5.99. The lowest BCUT2D eigenvalue weighted by molar-refractivity contribution is 0.0707.